The van der Waals surface area contributed by atoms with Crippen molar-refractivity contribution in [3.05, 3.63) is 34.9 Å². The molecule has 5 heteroatoms. The summed E-state index contributed by atoms with van der Waals surface area (Å²) in [6.07, 6.45) is 2.86. The van der Waals surface area contributed by atoms with Crippen LogP contribution in [-0.2, 0) is 4.79 Å². The molecule has 1 amide bonds. The van der Waals surface area contributed by atoms with Crippen molar-refractivity contribution < 1.29 is 4.79 Å². The summed E-state index contributed by atoms with van der Waals surface area (Å²) < 4.78 is 0. The molecule has 2 rings (SSSR count). The lowest BCUT2D eigenvalue weighted by Gasteiger charge is -2.29. The monoisotopic (exact) mass is 330 g/mol. The SMILES string of the molecule is CC(c1cccc(Cl)c1)N(C)C(=O)CC1CCNCC1.Cl. The highest BCUT2D eigenvalue weighted by molar-refractivity contribution is 6.30. The number of hydrogen-bond donors (Lipinski definition) is 1. The van der Waals surface area contributed by atoms with Crippen LogP contribution in [0.15, 0.2) is 24.3 Å². The standard InChI is InChI=1S/C16H23ClN2O.ClH/c1-12(14-4-3-5-15(17)11-14)19(2)16(20)10-13-6-8-18-9-7-13;/h3-5,11-13,18H,6-10H2,1-2H3;1H. The van der Waals surface area contributed by atoms with Crippen molar-refractivity contribution in [1.29, 1.82) is 0 Å². The normalized spacial score (nSPS) is 16.9. The Morgan fingerprint density at radius 3 is 2.71 bits per heavy atom. The first kappa shape index (κ1) is 18.3. The van der Waals surface area contributed by atoms with Crippen LogP contribution in [0.3, 0.4) is 0 Å². The van der Waals surface area contributed by atoms with Crippen LogP contribution in [0.4, 0.5) is 0 Å². The highest BCUT2D eigenvalue weighted by Crippen LogP contribution is 2.24. The van der Waals surface area contributed by atoms with Gasteiger partial charge < -0.3 is 10.2 Å². The molecule has 118 valence electrons. The Kier molecular flexibility index (Phi) is 7.50. The topological polar surface area (TPSA) is 32.3 Å². The Morgan fingerprint density at radius 1 is 1.43 bits per heavy atom. The summed E-state index contributed by atoms with van der Waals surface area (Å²) >= 11 is 6.02. The average molecular weight is 331 g/mol. The maximum atomic E-state index is 12.4. The third-order valence-electron chi connectivity index (χ3n) is 4.23. The van der Waals surface area contributed by atoms with E-state index in [0.717, 1.165) is 31.5 Å². The highest BCUT2D eigenvalue weighted by atomic mass is 35.5. The van der Waals surface area contributed by atoms with E-state index >= 15 is 0 Å². The van der Waals surface area contributed by atoms with Crippen molar-refractivity contribution in [1.82, 2.24) is 10.2 Å². The van der Waals surface area contributed by atoms with E-state index in [1.54, 1.807) is 0 Å². The lowest BCUT2D eigenvalue weighted by Crippen LogP contribution is -2.34. The van der Waals surface area contributed by atoms with Crippen LogP contribution in [0.25, 0.3) is 0 Å². The number of rotatable bonds is 4. The van der Waals surface area contributed by atoms with E-state index in [1.165, 1.54) is 0 Å². The number of benzene rings is 1. The first-order chi connectivity index (χ1) is 9.58. The van der Waals surface area contributed by atoms with Gasteiger partial charge in [-0.3, -0.25) is 4.79 Å². The molecule has 1 N–H and O–H groups in total. The first-order valence-corrected chi connectivity index (χ1v) is 7.67. The zero-order valence-electron chi connectivity index (χ0n) is 12.6. The fraction of sp³-hybridized carbons (Fsp3) is 0.562. The van der Waals surface area contributed by atoms with Gasteiger partial charge in [-0.2, -0.15) is 0 Å². The molecule has 21 heavy (non-hydrogen) atoms. The lowest BCUT2D eigenvalue weighted by atomic mass is 9.93. The molecule has 0 aromatic heterocycles. The number of nitrogens with one attached hydrogen (secondary N) is 1. The largest absolute Gasteiger partial charge is 0.339 e. The fourth-order valence-electron chi connectivity index (χ4n) is 2.68. The van der Waals surface area contributed by atoms with Gasteiger partial charge in [0.15, 0.2) is 0 Å². The molecule has 0 radical (unpaired) electrons. The van der Waals surface area contributed by atoms with Crippen LogP contribution in [0, 0.1) is 5.92 Å². The highest BCUT2D eigenvalue weighted by Gasteiger charge is 2.22. The van der Waals surface area contributed by atoms with Crippen LogP contribution in [-0.4, -0.2) is 30.9 Å². The number of piperidine rings is 1. The molecule has 0 aliphatic carbocycles. The second-order valence-electron chi connectivity index (χ2n) is 5.63. The van der Waals surface area contributed by atoms with E-state index in [2.05, 4.69) is 5.32 Å². The minimum atomic E-state index is 0. The molecule has 1 aromatic rings. The summed E-state index contributed by atoms with van der Waals surface area (Å²) in [6.45, 7) is 4.11. The van der Waals surface area contributed by atoms with Gasteiger partial charge in [-0.1, -0.05) is 23.7 Å². The number of carbonyl (C=O) groups is 1. The summed E-state index contributed by atoms with van der Waals surface area (Å²) in [5.74, 6) is 0.752. The fourth-order valence-corrected chi connectivity index (χ4v) is 2.88. The molecule has 1 fully saturated rings. The molecule has 0 spiro atoms. The van der Waals surface area contributed by atoms with Gasteiger partial charge in [-0.15, -0.1) is 12.4 Å². The second-order valence-corrected chi connectivity index (χ2v) is 6.07. The lowest BCUT2D eigenvalue weighted by molar-refractivity contribution is -0.133. The van der Waals surface area contributed by atoms with Gasteiger partial charge in [0.05, 0.1) is 6.04 Å². The Morgan fingerprint density at radius 2 is 2.10 bits per heavy atom. The van der Waals surface area contributed by atoms with E-state index in [1.807, 2.05) is 43.1 Å². The van der Waals surface area contributed by atoms with Crippen molar-refractivity contribution in [2.75, 3.05) is 20.1 Å². The van der Waals surface area contributed by atoms with Gasteiger partial charge in [0.1, 0.15) is 0 Å². The molecule has 1 aromatic carbocycles. The van der Waals surface area contributed by atoms with Gasteiger partial charge in [0.25, 0.3) is 0 Å². The first-order valence-electron chi connectivity index (χ1n) is 7.29. The number of nitrogens with zero attached hydrogens (tertiary/aromatic N) is 1. The zero-order valence-corrected chi connectivity index (χ0v) is 14.2. The number of hydrogen-bond acceptors (Lipinski definition) is 2. The zero-order chi connectivity index (χ0) is 14.5. The summed E-state index contributed by atoms with van der Waals surface area (Å²) in [4.78, 5) is 14.2. The minimum Gasteiger partial charge on any atom is -0.339 e. The van der Waals surface area contributed by atoms with Gasteiger partial charge >= 0.3 is 0 Å². The van der Waals surface area contributed by atoms with E-state index in [9.17, 15) is 4.79 Å². The molecule has 3 nitrogen and oxygen atoms in total. The minimum absolute atomic E-state index is 0. The van der Waals surface area contributed by atoms with E-state index in [-0.39, 0.29) is 24.4 Å². The second kappa shape index (κ2) is 8.62. The van der Waals surface area contributed by atoms with Crippen molar-refractivity contribution in [3.63, 3.8) is 0 Å². The molecule has 1 atom stereocenters. The Balaban J connectivity index is 0.00000220. The third kappa shape index (κ3) is 5.17. The predicted molar refractivity (Wildman–Crippen MR) is 90.1 cm³/mol. The smallest absolute Gasteiger partial charge is 0.223 e. The predicted octanol–water partition coefficient (Wildman–Crippen LogP) is 3.67. The van der Waals surface area contributed by atoms with Crippen LogP contribution in [0.2, 0.25) is 5.02 Å². The van der Waals surface area contributed by atoms with Gasteiger partial charge in [-0.05, 0) is 56.5 Å². The van der Waals surface area contributed by atoms with Gasteiger partial charge in [0, 0.05) is 18.5 Å². The van der Waals surface area contributed by atoms with Gasteiger partial charge in [0.2, 0.25) is 5.91 Å². The van der Waals surface area contributed by atoms with Crippen molar-refractivity contribution in [2.24, 2.45) is 5.92 Å². The molecule has 0 saturated carbocycles. The summed E-state index contributed by atoms with van der Waals surface area (Å²) in [7, 11) is 1.88. The van der Waals surface area contributed by atoms with Crippen molar-refractivity contribution in [2.45, 2.75) is 32.2 Å². The maximum Gasteiger partial charge on any atom is 0.223 e. The Hall–Kier alpha value is -0.770. The Bertz CT molecular complexity index is 461. The van der Waals surface area contributed by atoms with Crippen molar-refractivity contribution >= 4 is 29.9 Å². The average Bonchev–Trinajstić information content (AvgIpc) is 2.46. The van der Waals surface area contributed by atoms with Crippen molar-refractivity contribution in [3.8, 4) is 0 Å². The molecule has 1 aliphatic heterocycles. The quantitative estimate of drug-likeness (QED) is 0.913. The van der Waals surface area contributed by atoms with E-state index < -0.39 is 0 Å². The summed E-state index contributed by atoms with van der Waals surface area (Å²) in [5.41, 5.74) is 1.08. The summed E-state index contributed by atoms with van der Waals surface area (Å²) in [6, 6.07) is 7.79. The molecular weight excluding hydrogens is 307 g/mol. The van der Waals surface area contributed by atoms with Crippen LogP contribution in [0.5, 0.6) is 0 Å². The van der Waals surface area contributed by atoms with E-state index in [0.29, 0.717) is 17.4 Å². The molecule has 1 aliphatic rings. The summed E-state index contributed by atoms with van der Waals surface area (Å²) in [5, 5.41) is 4.05. The molecular formula is C16H24Cl2N2O. The van der Waals surface area contributed by atoms with Crippen LogP contribution < -0.4 is 5.32 Å². The third-order valence-corrected chi connectivity index (χ3v) is 4.46. The van der Waals surface area contributed by atoms with Crippen LogP contribution in [0.1, 0.15) is 37.8 Å². The number of amides is 1. The van der Waals surface area contributed by atoms with E-state index in [4.69, 9.17) is 11.6 Å². The molecule has 1 unspecified atom stereocenters. The van der Waals surface area contributed by atoms with Crippen LogP contribution >= 0.6 is 24.0 Å². The molecule has 1 heterocycles. The van der Waals surface area contributed by atoms with Gasteiger partial charge in [-0.25, -0.2) is 0 Å². The maximum absolute atomic E-state index is 12.4. The molecule has 0 bridgehead atoms. The Labute approximate surface area is 138 Å². The number of halogens is 2. The number of carbonyl (C=O) groups excluding carboxylic acids is 1. The molecule has 1 saturated heterocycles.